The molecule has 1 aliphatic heterocycles. The average molecular weight is 427 g/mol. The van der Waals surface area contributed by atoms with Crippen molar-refractivity contribution in [1.29, 1.82) is 0 Å². The molecule has 0 saturated carbocycles. The van der Waals surface area contributed by atoms with Crippen LogP contribution in [0.5, 0.6) is 5.75 Å². The molecule has 162 valence electrons. The van der Waals surface area contributed by atoms with E-state index in [4.69, 9.17) is 19.4 Å². The fourth-order valence-corrected chi connectivity index (χ4v) is 4.36. The van der Waals surface area contributed by atoms with Crippen molar-refractivity contribution in [1.82, 2.24) is 15.0 Å². The van der Waals surface area contributed by atoms with E-state index in [-0.39, 0.29) is 5.41 Å². The van der Waals surface area contributed by atoms with Crippen LogP contribution in [0.2, 0.25) is 0 Å². The van der Waals surface area contributed by atoms with E-state index in [1.165, 1.54) is 5.56 Å². The Bertz CT molecular complexity index is 1190. The molecular weight excluding hydrogens is 400 g/mol. The molecule has 3 heterocycles. The monoisotopic (exact) mass is 426 g/mol. The summed E-state index contributed by atoms with van der Waals surface area (Å²) in [5.74, 6) is 2.38. The maximum Gasteiger partial charge on any atom is 0.163 e. The van der Waals surface area contributed by atoms with Crippen LogP contribution in [0.3, 0.4) is 0 Å². The maximum atomic E-state index is 5.71. The fraction of sp³-hybridized carbons (Fsp3) is 0.269. The van der Waals surface area contributed by atoms with Gasteiger partial charge in [-0.25, -0.2) is 9.97 Å². The summed E-state index contributed by atoms with van der Waals surface area (Å²) in [6.07, 6.45) is 5.45. The molecule has 32 heavy (non-hydrogen) atoms. The average Bonchev–Trinajstić information content (AvgIpc) is 2.88. The van der Waals surface area contributed by atoms with Gasteiger partial charge in [0.2, 0.25) is 0 Å². The van der Waals surface area contributed by atoms with E-state index in [2.05, 4.69) is 28.5 Å². The van der Waals surface area contributed by atoms with Gasteiger partial charge in [0.25, 0.3) is 0 Å². The molecule has 0 bridgehead atoms. The molecule has 0 unspecified atom stereocenters. The number of anilines is 1. The first-order valence-electron chi connectivity index (χ1n) is 10.9. The minimum absolute atomic E-state index is 0.0367. The van der Waals surface area contributed by atoms with Crippen molar-refractivity contribution in [3.05, 3.63) is 78.6 Å². The molecule has 0 spiro atoms. The number of rotatable bonds is 6. The highest BCUT2D eigenvalue weighted by atomic mass is 16.5. The number of nitrogens with one attached hydrogen (secondary N) is 1. The summed E-state index contributed by atoms with van der Waals surface area (Å²) in [4.78, 5) is 13.9. The Hall–Kier alpha value is -3.51. The van der Waals surface area contributed by atoms with E-state index in [0.717, 1.165) is 60.6 Å². The molecule has 0 atom stereocenters. The predicted octanol–water partition coefficient (Wildman–Crippen LogP) is 4.86. The molecule has 2 aromatic heterocycles. The van der Waals surface area contributed by atoms with Gasteiger partial charge in [-0.05, 0) is 54.8 Å². The first-order chi connectivity index (χ1) is 15.8. The summed E-state index contributed by atoms with van der Waals surface area (Å²) >= 11 is 0. The molecular formula is C26H26N4O2. The van der Waals surface area contributed by atoms with Crippen molar-refractivity contribution in [3.63, 3.8) is 0 Å². The summed E-state index contributed by atoms with van der Waals surface area (Å²) in [6.45, 7) is 2.26. The third-order valence-corrected chi connectivity index (χ3v) is 6.27. The van der Waals surface area contributed by atoms with Gasteiger partial charge >= 0.3 is 0 Å². The van der Waals surface area contributed by atoms with Gasteiger partial charge in [0.1, 0.15) is 11.6 Å². The molecule has 4 aromatic rings. The van der Waals surface area contributed by atoms with Crippen molar-refractivity contribution in [2.45, 2.75) is 18.3 Å². The quantitative estimate of drug-likeness (QED) is 0.475. The van der Waals surface area contributed by atoms with Crippen LogP contribution in [0.1, 0.15) is 18.4 Å². The van der Waals surface area contributed by atoms with Crippen molar-refractivity contribution in [2.75, 3.05) is 32.2 Å². The Labute approximate surface area is 187 Å². The van der Waals surface area contributed by atoms with Gasteiger partial charge < -0.3 is 14.8 Å². The minimum Gasteiger partial charge on any atom is -0.497 e. The number of methoxy groups -OCH3 is 1. The largest absolute Gasteiger partial charge is 0.497 e. The zero-order chi connectivity index (χ0) is 21.8. The van der Waals surface area contributed by atoms with Crippen molar-refractivity contribution >= 4 is 16.7 Å². The molecule has 0 amide bonds. The number of hydrogen-bond donors (Lipinski definition) is 1. The SMILES string of the molecule is COc1ccc(C2(CNc3nc(-c4cccnc4)nc4ccccc34)CCOCC2)cc1. The van der Waals surface area contributed by atoms with Gasteiger partial charge in [0.15, 0.2) is 5.82 Å². The van der Waals surface area contributed by atoms with E-state index in [9.17, 15) is 0 Å². The number of benzene rings is 2. The Balaban J connectivity index is 1.51. The molecule has 0 aliphatic carbocycles. The maximum absolute atomic E-state index is 5.71. The molecule has 1 saturated heterocycles. The smallest absolute Gasteiger partial charge is 0.163 e. The van der Waals surface area contributed by atoms with Crippen LogP contribution in [0, 0.1) is 0 Å². The van der Waals surface area contributed by atoms with Gasteiger partial charge in [-0.1, -0.05) is 24.3 Å². The lowest BCUT2D eigenvalue weighted by Crippen LogP contribution is -2.40. The fourth-order valence-electron chi connectivity index (χ4n) is 4.36. The summed E-state index contributed by atoms with van der Waals surface area (Å²) < 4.78 is 11.1. The van der Waals surface area contributed by atoms with E-state index < -0.39 is 0 Å². The van der Waals surface area contributed by atoms with Crippen LogP contribution in [0.4, 0.5) is 5.82 Å². The molecule has 5 rings (SSSR count). The third kappa shape index (κ3) is 4.01. The number of hydrogen-bond acceptors (Lipinski definition) is 6. The van der Waals surface area contributed by atoms with Gasteiger partial charge in [-0.2, -0.15) is 0 Å². The molecule has 0 radical (unpaired) electrons. The van der Waals surface area contributed by atoms with E-state index in [0.29, 0.717) is 5.82 Å². The zero-order valence-corrected chi connectivity index (χ0v) is 18.1. The number of pyridine rings is 1. The highest BCUT2D eigenvalue weighted by Gasteiger charge is 2.34. The van der Waals surface area contributed by atoms with Gasteiger partial charge in [0, 0.05) is 48.5 Å². The summed E-state index contributed by atoms with van der Waals surface area (Å²) in [6, 6.07) is 20.4. The highest BCUT2D eigenvalue weighted by Crippen LogP contribution is 2.36. The molecule has 1 fully saturated rings. The summed E-state index contributed by atoms with van der Waals surface area (Å²) in [7, 11) is 1.70. The van der Waals surface area contributed by atoms with E-state index in [1.807, 2.05) is 42.5 Å². The number of nitrogens with zero attached hydrogens (tertiary/aromatic N) is 3. The van der Waals surface area contributed by atoms with Crippen LogP contribution in [-0.4, -0.2) is 41.8 Å². The molecule has 1 N–H and O–H groups in total. The van der Waals surface area contributed by atoms with Gasteiger partial charge in [-0.3, -0.25) is 4.98 Å². The van der Waals surface area contributed by atoms with Gasteiger partial charge in [0.05, 0.1) is 12.6 Å². The van der Waals surface area contributed by atoms with Crippen LogP contribution >= 0.6 is 0 Å². The number of aromatic nitrogens is 3. The summed E-state index contributed by atoms with van der Waals surface area (Å²) in [5, 5.41) is 4.69. The van der Waals surface area contributed by atoms with Crippen LogP contribution in [0.25, 0.3) is 22.3 Å². The Morgan fingerprint density at radius 2 is 1.78 bits per heavy atom. The Kier molecular flexibility index (Phi) is 5.69. The molecule has 6 nitrogen and oxygen atoms in total. The summed E-state index contributed by atoms with van der Waals surface area (Å²) in [5.41, 5.74) is 3.07. The van der Waals surface area contributed by atoms with E-state index in [1.54, 1.807) is 19.5 Å². The normalized spacial score (nSPS) is 15.4. The second kappa shape index (κ2) is 8.93. The van der Waals surface area contributed by atoms with Crippen molar-refractivity contribution in [2.24, 2.45) is 0 Å². The Morgan fingerprint density at radius 3 is 2.53 bits per heavy atom. The Morgan fingerprint density at radius 1 is 0.969 bits per heavy atom. The third-order valence-electron chi connectivity index (χ3n) is 6.27. The van der Waals surface area contributed by atoms with Crippen LogP contribution in [-0.2, 0) is 10.2 Å². The number of ether oxygens (including phenoxy) is 2. The first-order valence-corrected chi connectivity index (χ1v) is 10.9. The highest BCUT2D eigenvalue weighted by molar-refractivity contribution is 5.90. The minimum atomic E-state index is -0.0367. The van der Waals surface area contributed by atoms with Crippen LogP contribution < -0.4 is 10.1 Å². The van der Waals surface area contributed by atoms with Crippen molar-refractivity contribution in [3.8, 4) is 17.1 Å². The number of fused-ring (bicyclic) bond motifs is 1. The number of para-hydroxylation sites is 1. The second-order valence-electron chi connectivity index (χ2n) is 8.13. The lowest BCUT2D eigenvalue weighted by molar-refractivity contribution is 0.0543. The lowest BCUT2D eigenvalue weighted by Gasteiger charge is -2.38. The van der Waals surface area contributed by atoms with Crippen molar-refractivity contribution < 1.29 is 9.47 Å². The predicted molar refractivity (Wildman–Crippen MR) is 126 cm³/mol. The molecule has 6 heteroatoms. The molecule has 2 aromatic carbocycles. The standard InChI is InChI=1S/C26H26N4O2/c1-31-21-10-8-20(9-11-21)26(12-15-32-16-13-26)18-28-25-22-6-2-3-7-23(22)29-24(30-25)19-5-4-14-27-17-19/h2-11,14,17H,12-13,15-16,18H2,1H3,(H,28,29,30). The van der Waals surface area contributed by atoms with Crippen LogP contribution in [0.15, 0.2) is 73.1 Å². The van der Waals surface area contributed by atoms with E-state index >= 15 is 0 Å². The molecule has 1 aliphatic rings. The zero-order valence-electron chi connectivity index (χ0n) is 18.1. The topological polar surface area (TPSA) is 69.2 Å². The first kappa shape index (κ1) is 20.4. The lowest BCUT2D eigenvalue weighted by atomic mass is 9.74. The second-order valence-corrected chi connectivity index (χ2v) is 8.13. The van der Waals surface area contributed by atoms with Gasteiger partial charge in [-0.15, -0.1) is 0 Å².